The molecule has 0 spiro atoms. The van der Waals surface area contributed by atoms with Crippen LogP contribution in [0.25, 0.3) is 33.3 Å². The Morgan fingerprint density at radius 2 is 1.32 bits per heavy atom. The van der Waals surface area contributed by atoms with Crippen molar-refractivity contribution >= 4 is 21.8 Å². The van der Waals surface area contributed by atoms with Crippen LogP contribution >= 0.6 is 0 Å². The molecule has 28 heavy (non-hydrogen) atoms. The van der Waals surface area contributed by atoms with Gasteiger partial charge in [-0.15, -0.1) is 0 Å². The van der Waals surface area contributed by atoms with E-state index in [4.69, 9.17) is 0 Å². The van der Waals surface area contributed by atoms with Crippen molar-refractivity contribution in [2.24, 2.45) is 0 Å². The summed E-state index contributed by atoms with van der Waals surface area (Å²) in [4.78, 5) is 35.3. The van der Waals surface area contributed by atoms with Crippen molar-refractivity contribution in [1.29, 1.82) is 0 Å². The summed E-state index contributed by atoms with van der Waals surface area (Å²) in [6.07, 6.45) is 1.43. The lowest BCUT2D eigenvalue weighted by atomic mass is 10.2. The smallest absolute Gasteiger partial charge is 0.268 e. The van der Waals surface area contributed by atoms with Gasteiger partial charge >= 0.3 is 5.69 Å². The molecule has 0 unspecified atom stereocenters. The van der Waals surface area contributed by atoms with Crippen LogP contribution in [0.2, 0.25) is 0 Å². The van der Waals surface area contributed by atoms with Crippen molar-refractivity contribution < 1.29 is 0 Å². The van der Waals surface area contributed by atoms with Crippen molar-refractivity contribution in [2.75, 3.05) is 0 Å². The Labute approximate surface area is 159 Å². The zero-order valence-corrected chi connectivity index (χ0v) is 14.7. The van der Waals surface area contributed by atoms with E-state index in [2.05, 4.69) is 9.97 Å². The first-order valence-corrected chi connectivity index (χ1v) is 8.78. The number of hydrogen-bond donors (Lipinski definition) is 0. The molecule has 6 heteroatoms. The van der Waals surface area contributed by atoms with E-state index >= 15 is 0 Å². The average molecular weight is 366 g/mol. The van der Waals surface area contributed by atoms with Crippen LogP contribution in [0.1, 0.15) is 0 Å². The fourth-order valence-corrected chi connectivity index (χ4v) is 3.44. The lowest BCUT2D eigenvalue weighted by Crippen LogP contribution is -2.38. The third kappa shape index (κ3) is 2.35. The molecule has 0 saturated heterocycles. The molecule has 5 aromatic rings. The fourth-order valence-electron chi connectivity index (χ4n) is 3.44. The van der Waals surface area contributed by atoms with Crippen LogP contribution < -0.4 is 11.2 Å². The van der Waals surface area contributed by atoms with Crippen molar-refractivity contribution in [3.05, 3.63) is 106 Å². The number of fused-ring (bicyclic) bond motifs is 2. The lowest BCUT2D eigenvalue weighted by Gasteiger charge is -2.14. The van der Waals surface area contributed by atoms with Crippen LogP contribution in [-0.2, 0) is 0 Å². The summed E-state index contributed by atoms with van der Waals surface area (Å²) in [5.74, 6) is 0.441. The van der Waals surface area contributed by atoms with Gasteiger partial charge in [0.25, 0.3) is 5.56 Å². The standard InChI is InChI=1S/C22H14N4O2/c27-21-17-11-5-7-13-19(17)26(22(28)25(21)15-8-2-1-3-9-15)20-16-10-4-6-12-18(16)23-14-24-20/h1-14H. The molecule has 2 heterocycles. The van der Waals surface area contributed by atoms with Crippen molar-refractivity contribution in [1.82, 2.24) is 19.1 Å². The molecule has 0 atom stereocenters. The Bertz CT molecular complexity index is 1450. The summed E-state index contributed by atoms with van der Waals surface area (Å²) in [6.45, 7) is 0. The summed E-state index contributed by atoms with van der Waals surface area (Å²) < 4.78 is 2.66. The Morgan fingerprint density at radius 3 is 2.14 bits per heavy atom. The Balaban J connectivity index is 2.00. The average Bonchev–Trinajstić information content (AvgIpc) is 2.75. The van der Waals surface area contributed by atoms with E-state index in [1.54, 1.807) is 48.5 Å². The summed E-state index contributed by atoms with van der Waals surface area (Å²) in [5, 5.41) is 1.17. The zero-order valence-electron chi connectivity index (χ0n) is 14.7. The number of hydrogen-bond acceptors (Lipinski definition) is 4. The number of aromatic nitrogens is 4. The van der Waals surface area contributed by atoms with E-state index in [0.29, 0.717) is 22.4 Å². The zero-order chi connectivity index (χ0) is 19.1. The second kappa shape index (κ2) is 6.28. The van der Waals surface area contributed by atoms with E-state index in [-0.39, 0.29) is 5.56 Å². The van der Waals surface area contributed by atoms with Crippen LogP contribution in [0.15, 0.2) is 94.8 Å². The topological polar surface area (TPSA) is 69.8 Å². The number of rotatable bonds is 2. The monoisotopic (exact) mass is 366 g/mol. The van der Waals surface area contributed by atoms with Gasteiger partial charge in [0.15, 0.2) is 5.82 Å². The van der Waals surface area contributed by atoms with E-state index in [1.807, 2.05) is 30.3 Å². The van der Waals surface area contributed by atoms with Gasteiger partial charge in [-0.3, -0.25) is 4.79 Å². The predicted octanol–water partition coefficient (Wildman–Crippen LogP) is 3.08. The summed E-state index contributed by atoms with van der Waals surface area (Å²) in [6, 6.07) is 23.4. The molecule has 0 saturated carbocycles. The summed E-state index contributed by atoms with van der Waals surface area (Å²) in [5.41, 5.74) is 0.907. The van der Waals surface area contributed by atoms with E-state index in [1.165, 1.54) is 15.5 Å². The second-order valence-corrected chi connectivity index (χ2v) is 6.33. The van der Waals surface area contributed by atoms with Crippen LogP contribution in [-0.4, -0.2) is 19.1 Å². The van der Waals surface area contributed by atoms with Crippen LogP contribution in [0, 0.1) is 0 Å². The number of benzene rings is 3. The molecule has 3 aromatic carbocycles. The normalized spacial score (nSPS) is 11.1. The first-order chi connectivity index (χ1) is 13.8. The Kier molecular flexibility index (Phi) is 3.62. The Hall–Kier alpha value is -4.06. The Morgan fingerprint density at radius 1 is 0.643 bits per heavy atom. The molecular weight excluding hydrogens is 352 g/mol. The SMILES string of the molecule is O=c1c2ccccc2n(-c2ncnc3ccccc23)c(=O)n1-c1ccccc1. The molecule has 0 fully saturated rings. The highest BCUT2D eigenvalue weighted by atomic mass is 16.2. The van der Waals surface area contributed by atoms with Gasteiger partial charge in [-0.2, -0.15) is 0 Å². The molecule has 0 aliphatic carbocycles. The van der Waals surface area contributed by atoms with Gasteiger partial charge in [-0.25, -0.2) is 23.9 Å². The summed E-state index contributed by atoms with van der Waals surface area (Å²) >= 11 is 0. The lowest BCUT2D eigenvalue weighted by molar-refractivity contribution is 0.822. The minimum absolute atomic E-state index is 0.360. The van der Waals surface area contributed by atoms with Crippen molar-refractivity contribution in [2.45, 2.75) is 0 Å². The molecule has 134 valence electrons. The fraction of sp³-hybridized carbons (Fsp3) is 0. The van der Waals surface area contributed by atoms with E-state index in [9.17, 15) is 9.59 Å². The van der Waals surface area contributed by atoms with Crippen LogP contribution in [0.3, 0.4) is 0 Å². The first kappa shape index (κ1) is 16.1. The minimum atomic E-state index is -0.473. The predicted molar refractivity (Wildman–Crippen MR) is 108 cm³/mol. The van der Waals surface area contributed by atoms with Gasteiger partial charge in [0.1, 0.15) is 6.33 Å². The molecule has 5 rings (SSSR count). The van der Waals surface area contributed by atoms with Crippen LogP contribution in [0.4, 0.5) is 0 Å². The van der Waals surface area contributed by atoms with Gasteiger partial charge in [0.2, 0.25) is 0 Å². The van der Waals surface area contributed by atoms with Gasteiger partial charge in [0.05, 0.1) is 22.1 Å². The van der Waals surface area contributed by atoms with Gasteiger partial charge in [0, 0.05) is 5.39 Å². The van der Waals surface area contributed by atoms with Gasteiger partial charge in [-0.1, -0.05) is 42.5 Å². The number of nitrogens with zero attached hydrogens (tertiary/aromatic N) is 4. The summed E-state index contributed by atoms with van der Waals surface area (Å²) in [7, 11) is 0. The third-order valence-corrected chi connectivity index (χ3v) is 4.71. The maximum absolute atomic E-state index is 13.5. The molecule has 0 radical (unpaired) electrons. The maximum Gasteiger partial charge on any atom is 0.341 e. The molecule has 0 aliphatic heterocycles. The first-order valence-electron chi connectivity index (χ1n) is 8.78. The number of para-hydroxylation sites is 3. The van der Waals surface area contributed by atoms with Crippen LogP contribution in [0.5, 0.6) is 0 Å². The molecule has 0 N–H and O–H groups in total. The minimum Gasteiger partial charge on any atom is -0.268 e. The highest BCUT2D eigenvalue weighted by Gasteiger charge is 2.17. The largest absolute Gasteiger partial charge is 0.341 e. The highest BCUT2D eigenvalue weighted by molar-refractivity contribution is 5.88. The second-order valence-electron chi connectivity index (χ2n) is 6.33. The molecular formula is C22H14N4O2. The maximum atomic E-state index is 13.5. The molecule has 0 amide bonds. The van der Waals surface area contributed by atoms with Crippen molar-refractivity contribution in [3.8, 4) is 11.5 Å². The van der Waals surface area contributed by atoms with Crippen molar-refractivity contribution in [3.63, 3.8) is 0 Å². The van der Waals surface area contributed by atoms with Gasteiger partial charge < -0.3 is 0 Å². The molecule has 0 aliphatic rings. The van der Waals surface area contributed by atoms with Gasteiger partial charge in [-0.05, 0) is 36.4 Å². The van der Waals surface area contributed by atoms with E-state index in [0.717, 1.165) is 10.9 Å². The quantitative estimate of drug-likeness (QED) is 0.481. The molecule has 6 nitrogen and oxygen atoms in total. The third-order valence-electron chi connectivity index (χ3n) is 4.71. The molecule has 0 bridgehead atoms. The molecule has 2 aromatic heterocycles. The van der Waals surface area contributed by atoms with E-state index < -0.39 is 5.69 Å². The highest BCUT2D eigenvalue weighted by Crippen LogP contribution is 2.20.